The highest BCUT2D eigenvalue weighted by Gasteiger charge is 2.46. The quantitative estimate of drug-likeness (QED) is 0.200. The summed E-state index contributed by atoms with van der Waals surface area (Å²) in [6, 6.07) is 41.2. The number of hydrogen-bond acceptors (Lipinski definition) is 2. The van der Waals surface area contributed by atoms with Crippen molar-refractivity contribution in [1.29, 1.82) is 0 Å². The summed E-state index contributed by atoms with van der Waals surface area (Å²) in [5.41, 5.74) is 15.7. The second-order valence-corrected chi connectivity index (χ2v) is 15.5. The average molecular weight is 611 g/mol. The van der Waals surface area contributed by atoms with Gasteiger partial charge in [-0.2, -0.15) is 0 Å². The third kappa shape index (κ3) is 3.79. The number of allylic oxidation sites excluding steroid dienone is 4. The molecule has 2 heterocycles. The van der Waals surface area contributed by atoms with Gasteiger partial charge in [0, 0.05) is 33.8 Å². The fraction of sp³-hybridized carbons (Fsp3) is 0.244. The molecule has 2 aliphatic carbocycles. The van der Waals surface area contributed by atoms with E-state index in [2.05, 4.69) is 185 Å². The van der Waals surface area contributed by atoms with Gasteiger partial charge in [-0.15, -0.1) is 0 Å². The van der Waals surface area contributed by atoms with E-state index in [0.29, 0.717) is 11.8 Å². The van der Waals surface area contributed by atoms with Crippen LogP contribution < -0.4 is 9.80 Å². The van der Waals surface area contributed by atoms with E-state index in [0.717, 1.165) is 0 Å². The lowest BCUT2D eigenvalue weighted by Gasteiger charge is -2.49. The molecule has 0 spiro atoms. The molecule has 2 heteroatoms. The predicted molar refractivity (Wildman–Crippen MR) is 198 cm³/mol. The molecule has 2 unspecified atom stereocenters. The third-order valence-corrected chi connectivity index (χ3v) is 11.9. The van der Waals surface area contributed by atoms with E-state index in [1.54, 1.807) is 0 Å². The van der Waals surface area contributed by atoms with Gasteiger partial charge in [0.25, 0.3) is 0 Å². The van der Waals surface area contributed by atoms with E-state index in [4.69, 9.17) is 0 Å². The van der Waals surface area contributed by atoms with Crippen LogP contribution >= 0.6 is 0 Å². The molecule has 4 aliphatic rings. The van der Waals surface area contributed by atoms with Gasteiger partial charge < -0.3 is 9.80 Å². The molecule has 9 rings (SSSR count). The minimum atomic E-state index is -0.188. The summed E-state index contributed by atoms with van der Waals surface area (Å²) in [6.07, 6.45) is 9.24. The molecule has 5 aromatic rings. The fourth-order valence-electron chi connectivity index (χ4n) is 9.34. The molecular formula is C45H42N2. The number of fused-ring (bicyclic) bond motifs is 7. The van der Waals surface area contributed by atoms with Crippen molar-refractivity contribution in [3.8, 4) is 0 Å². The molecule has 5 aromatic carbocycles. The van der Waals surface area contributed by atoms with Crippen LogP contribution in [0.5, 0.6) is 0 Å². The van der Waals surface area contributed by atoms with E-state index >= 15 is 0 Å². The minimum Gasteiger partial charge on any atom is -0.310 e. The third-order valence-electron chi connectivity index (χ3n) is 11.9. The number of rotatable bonds is 3. The summed E-state index contributed by atoms with van der Waals surface area (Å²) in [4.78, 5) is 5.00. The summed E-state index contributed by atoms with van der Waals surface area (Å²) >= 11 is 0. The van der Waals surface area contributed by atoms with E-state index in [-0.39, 0.29) is 16.2 Å². The van der Waals surface area contributed by atoms with Crippen molar-refractivity contribution in [2.24, 2.45) is 5.92 Å². The summed E-state index contributed by atoms with van der Waals surface area (Å²) < 4.78 is 0. The van der Waals surface area contributed by atoms with Crippen molar-refractivity contribution in [2.45, 2.75) is 63.7 Å². The van der Waals surface area contributed by atoms with Gasteiger partial charge in [0.15, 0.2) is 0 Å². The Morgan fingerprint density at radius 3 is 1.87 bits per heavy atom. The Bertz CT molecular complexity index is 2140. The van der Waals surface area contributed by atoms with Gasteiger partial charge in [0.2, 0.25) is 0 Å². The molecule has 0 amide bonds. The SMILES string of the molecule is CC1(C)c2ccccc2N2c3ccc(N(c4ccccc4)c4ccc5c(c4)C(C)(C)C4C=CC=CC54)cc3C(C)(C)c3cccc1c32. The van der Waals surface area contributed by atoms with Gasteiger partial charge in [0.1, 0.15) is 0 Å². The maximum atomic E-state index is 2.54. The van der Waals surface area contributed by atoms with Crippen LogP contribution in [-0.4, -0.2) is 0 Å². The number of benzene rings is 5. The second kappa shape index (κ2) is 9.61. The van der Waals surface area contributed by atoms with Crippen LogP contribution in [0.2, 0.25) is 0 Å². The molecule has 47 heavy (non-hydrogen) atoms. The maximum Gasteiger partial charge on any atom is 0.0543 e. The summed E-state index contributed by atoms with van der Waals surface area (Å²) in [5, 5.41) is 0. The van der Waals surface area contributed by atoms with Crippen LogP contribution in [-0.2, 0) is 16.2 Å². The van der Waals surface area contributed by atoms with Crippen molar-refractivity contribution in [3.63, 3.8) is 0 Å². The van der Waals surface area contributed by atoms with Crippen LogP contribution in [0.1, 0.15) is 80.8 Å². The molecular weight excluding hydrogens is 569 g/mol. The molecule has 0 radical (unpaired) electrons. The lowest BCUT2D eigenvalue weighted by molar-refractivity contribution is 0.394. The van der Waals surface area contributed by atoms with Crippen LogP contribution in [0.4, 0.5) is 34.1 Å². The highest BCUT2D eigenvalue weighted by molar-refractivity contribution is 5.94. The fourth-order valence-corrected chi connectivity index (χ4v) is 9.34. The van der Waals surface area contributed by atoms with Gasteiger partial charge in [-0.3, -0.25) is 0 Å². The number of anilines is 6. The van der Waals surface area contributed by atoms with Gasteiger partial charge in [-0.05, 0) is 93.2 Å². The van der Waals surface area contributed by atoms with E-state index in [1.807, 2.05) is 0 Å². The highest BCUT2D eigenvalue weighted by atomic mass is 15.2. The van der Waals surface area contributed by atoms with Crippen molar-refractivity contribution in [2.75, 3.05) is 9.80 Å². The Labute approximate surface area is 279 Å². The zero-order chi connectivity index (χ0) is 32.3. The Morgan fingerprint density at radius 2 is 1.11 bits per heavy atom. The zero-order valence-electron chi connectivity index (χ0n) is 28.3. The van der Waals surface area contributed by atoms with Crippen molar-refractivity contribution < 1.29 is 0 Å². The van der Waals surface area contributed by atoms with Crippen LogP contribution in [0.25, 0.3) is 0 Å². The normalized spacial score (nSPS) is 21.3. The van der Waals surface area contributed by atoms with Gasteiger partial charge >= 0.3 is 0 Å². The number of hydrogen-bond donors (Lipinski definition) is 0. The molecule has 0 fully saturated rings. The Kier molecular flexibility index (Phi) is 5.81. The zero-order valence-corrected chi connectivity index (χ0v) is 28.3. The molecule has 2 nitrogen and oxygen atoms in total. The first-order valence-electron chi connectivity index (χ1n) is 17.1. The lowest BCUT2D eigenvalue weighted by atomic mass is 9.66. The Morgan fingerprint density at radius 1 is 0.511 bits per heavy atom. The largest absolute Gasteiger partial charge is 0.310 e. The molecule has 232 valence electrons. The average Bonchev–Trinajstić information content (AvgIpc) is 3.31. The molecule has 0 aromatic heterocycles. The number of nitrogens with zero attached hydrogens (tertiary/aromatic N) is 2. The lowest BCUT2D eigenvalue weighted by Crippen LogP contribution is -2.38. The summed E-state index contributed by atoms with van der Waals surface area (Å²) in [6.45, 7) is 14.4. The standard InChI is InChI=1S/C45H42N2/c1-43(2)34-18-11-10-17-32(34)33-25-23-30(27-38(33)43)46(29-15-8-7-9-16-29)31-24-26-41-39(28-31)45(5,6)37-21-14-20-36-42(37)47(41)40-22-13-12-19-35(40)44(36,3)4/h7-28,32,34H,1-6H3. The highest BCUT2D eigenvalue weighted by Crippen LogP contribution is 2.61. The van der Waals surface area contributed by atoms with Gasteiger partial charge in [0.05, 0.1) is 17.1 Å². The van der Waals surface area contributed by atoms with Crippen LogP contribution in [0, 0.1) is 5.92 Å². The van der Waals surface area contributed by atoms with Gasteiger partial charge in [-0.1, -0.05) is 127 Å². The second-order valence-electron chi connectivity index (χ2n) is 15.5. The Balaban J connectivity index is 1.25. The monoisotopic (exact) mass is 610 g/mol. The molecule has 0 bridgehead atoms. The summed E-state index contributed by atoms with van der Waals surface area (Å²) in [7, 11) is 0. The smallest absolute Gasteiger partial charge is 0.0543 e. The molecule has 0 saturated heterocycles. The first-order chi connectivity index (χ1) is 22.6. The maximum absolute atomic E-state index is 2.54. The minimum absolute atomic E-state index is 0.0499. The molecule has 2 atom stereocenters. The predicted octanol–water partition coefficient (Wildman–Crippen LogP) is 12.0. The molecule has 0 N–H and O–H groups in total. The van der Waals surface area contributed by atoms with Crippen LogP contribution in [0.15, 0.2) is 133 Å². The topological polar surface area (TPSA) is 6.48 Å². The molecule has 2 aliphatic heterocycles. The molecule has 0 saturated carbocycles. The van der Waals surface area contributed by atoms with E-state index in [1.165, 1.54) is 67.5 Å². The number of para-hydroxylation sites is 3. The summed E-state index contributed by atoms with van der Waals surface area (Å²) in [5.74, 6) is 0.922. The van der Waals surface area contributed by atoms with E-state index < -0.39 is 0 Å². The van der Waals surface area contributed by atoms with E-state index in [9.17, 15) is 0 Å². The first-order valence-corrected chi connectivity index (χ1v) is 17.1. The van der Waals surface area contributed by atoms with Crippen molar-refractivity contribution in [3.05, 3.63) is 167 Å². The first kappa shape index (κ1) is 28.4. The van der Waals surface area contributed by atoms with Crippen molar-refractivity contribution >= 4 is 34.1 Å². The Hall–Kier alpha value is -4.82. The van der Waals surface area contributed by atoms with Crippen molar-refractivity contribution in [1.82, 2.24) is 0 Å². The van der Waals surface area contributed by atoms with Gasteiger partial charge in [-0.25, -0.2) is 0 Å². The van der Waals surface area contributed by atoms with Crippen LogP contribution in [0.3, 0.4) is 0 Å².